The minimum atomic E-state index is -4.08. The molecule has 2 aromatic rings. The third-order valence-electron chi connectivity index (χ3n) is 6.83. The Labute approximate surface area is 204 Å². The van der Waals surface area contributed by atoms with E-state index >= 15 is 0 Å². The van der Waals surface area contributed by atoms with Gasteiger partial charge in [0.1, 0.15) is 10.9 Å². The molecule has 1 saturated carbocycles. The Bertz CT molecular complexity index is 1180. The molecule has 1 saturated heterocycles. The maximum absolute atomic E-state index is 13.8. The molecule has 4 rings (SSSR count). The maximum Gasteiger partial charge on any atom is 0.248 e. The Hall–Kier alpha value is -2.10. The number of amides is 1. The van der Waals surface area contributed by atoms with Crippen molar-refractivity contribution in [1.29, 1.82) is 0 Å². The minimum Gasteiger partial charge on any atom is -0.341 e. The molecule has 0 N–H and O–H groups in total. The van der Waals surface area contributed by atoms with E-state index in [0.29, 0.717) is 34.7 Å². The van der Waals surface area contributed by atoms with Gasteiger partial charge in [-0.3, -0.25) is 9.78 Å². The number of aryl methyl sites for hydroxylation is 1. The van der Waals surface area contributed by atoms with Gasteiger partial charge in [0.25, 0.3) is 0 Å². The van der Waals surface area contributed by atoms with Crippen molar-refractivity contribution in [3.05, 3.63) is 47.2 Å². The highest BCUT2D eigenvalue weighted by Crippen LogP contribution is 2.38. The van der Waals surface area contributed by atoms with Crippen LogP contribution in [-0.2, 0) is 14.8 Å². The Kier molecular flexibility index (Phi) is 6.99. The lowest BCUT2D eigenvalue weighted by Crippen LogP contribution is -2.50. The van der Waals surface area contributed by atoms with Crippen molar-refractivity contribution in [2.75, 3.05) is 13.6 Å². The largest absolute Gasteiger partial charge is 0.341 e. The highest BCUT2D eigenvalue weighted by Gasteiger charge is 2.44. The van der Waals surface area contributed by atoms with E-state index < -0.39 is 22.0 Å². The van der Waals surface area contributed by atoms with Gasteiger partial charge >= 0.3 is 0 Å². The molecule has 1 atom stereocenters. The zero-order valence-corrected chi connectivity index (χ0v) is 20.7. The molecule has 0 radical (unpaired) electrons. The Balaban J connectivity index is 1.64. The Morgan fingerprint density at radius 3 is 2.53 bits per heavy atom. The summed E-state index contributed by atoms with van der Waals surface area (Å²) in [6, 6.07) is 7.45. The number of alkyl halides is 2. The van der Waals surface area contributed by atoms with Gasteiger partial charge in [0.15, 0.2) is 0 Å². The standard InChI is InChI=1S/C24H28ClF2N3O3S/c1-16-14-19(18-6-3-4-7-20(18)25)22(15-28-16)34(32,33)30-13-5-8-21(30)23(31)29(2)17-9-11-24(26,27)12-10-17/h3-4,6-7,14-15,17,21H,5,8-13H2,1-2H3/t21-/m0/s1. The van der Waals surface area contributed by atoms with Crippen molar-refractivity contribution in [2.45, 2.75) is 68.4 Å². The van der Waals surface area contributed by atoms with E-state index in [4.69, 9.17) is 11.6 Å². The van der Waals surface area contributed by atoms with Crippen molar-refractivity contribution >= 4 is 27.5 Å². The summed E-state index contributed by atoms with van der Waals surface area (Å²) >= 11 is 6.38. The molecule has 1 amide bonds. The van der Waals surface area contributed by atoms with Crippen molar-refractivity contribution in [2.24, 2.45) is 0 Å². The molecule has 2 fully saturated rings. The average Bonchev–Trinajstić information content (AvgIpc) is 3.29. The second-order valence-electron chi connectivity index (χ2n) is 9.11. The summed E-state index contributed by atoms with van der Waals surface area (Å²) in [6.07, 6.45) is 2.10. The summed E-state index contributed by atoms with van der Waals surface area (Å²) in [5.41, 5.74) is 1.63. The fourth-order valence-electron chi connectivity index (χ4n) is 4.87. The summed E-state index contributed by atoms with van der Waals surface area (Å²) in [5.74, 6) is -3.05. The van der Waals surface area contributed by atoms with E-state index in [1.807, 2.05) is 0 Å². The number of carbonyl (C=O) groups is 1. The predicted molar refractivity (Wildman–Crippen MR) is 126 cm³/mol. The number of benzene rings is 1. The SMILES string of the molecule is Cc1cc(-c2ccccc2Cl)c(S(=O)(=O)N2CCC[C@H]2C(=O)N(C)C2CCC(F)(F)CC2)cn1. The summed E-state index contributed by atoms with van der Waals surface area (Å²) in [4.78, 5) is 19.0. The van der Waals surface area contributed by atoms with E-state index in [-0.39, 0.29) is 49.1 Å². The molecule has 2 aliphatic rings. The monoisotopic (exact) mass is 511 g/mol. The van der Waals surface area contributed by atoms with Crippen molar-refractivity contribution in [3.63, 3.8) is 0 Å². The number of pyridine rings is 1. The molecule has 0 unspecified atom stereocenters. The zero-order valence-electron chi connectivity index (χ0n) is 19.2. The lowest BCUT2D eigenvalue weighted by Gasteiger charge is -2.37. The van der Waals surface area contributed by atoms with Crippen LogP contribution in [-0.4, -0.2) is 60.1 Å². The number of hydrogen-bond acceptors (Lipinski definition) is 4. The van der Waals surface area contributed by atoms with Crippen LogP contribution in [0.2, 0.25) is 5.02 Å². The molecule has 1 aromatic heterocycles. The number of hydrogen-bond donors (Lipinski definition) is 0. The second kappa shape index (κ2) is 9.51. The lowest BCUT2D eigenvalue weighted by atomic mass is 9.91. The van der Waals surface area contributed by atoms with Crippen LogP contribution in [0.25, 0.3) is 11.1 Å². The van der Waals surface area contributed by atoms with E-state index in [1.165, 1.54) is 15.4 Å². The third kappa shape index (κ3) is 4.83. The molecular weight excluding hydrogens is 484 g/mol. The van der Waals surface area contributed by atoms with Crippen molar-refractivity contribution in [1.82, 2.24) is 14.2 Å². The zero-order chi connectivity index (χ0) is 24.7. The summed E-state index contributed by atoms with van der Waals surface area (Å²) in [5, 5.41) is 0.410. The molecule has 34 heavy (non-hydrogen) atoms. The van der Waals surface area contributed by atoms with E-state index in [9.17, 15) is 22.0 Å². The number of carbonyl (C=O) groups excluding carboxylic acids is 1. The van der Waals surface area contributed by atoms with Crippen LogP contribution < -0.4 is 0 Å². The van der Waals surface area contributed by atoms with Crippen LogP contribution >= 0.6 is 11.6 Å². The van der Waals surface area contributed by atoms with Gasteiger partial charge in [0, 0.05) is 60.5 Å². The number of sulfonamides is 1. The first-order valence-electron chi connectivity index (χ1n) is 11.4. The number of likely N-dealkylation sites (N-methyl/N-ethyl adjacent to an activating group) is 1. The highest BCUT2D eigenvalue weighted by atomic mass is 35.5. The Morgan fingerprint density at radius 1 is 1.18 bits per heavy atom. The van der Waals surface area contributed by atoms with Gasteiger partial charge in [-0.1, -0.05) is 29.8 Å². The van der Waals surface area contributed by atoms with E-state index in [1.54, 1.807) is 44.3 Å². The van der Waals surface area contributed by atoms with Crippen LogP contribution in [0.5, 0.6) is 0 Å². The predicted octanol–water partition coefficient (Wildman–Crippen LogP) is 4.90. The molecule has 0 bridgehead atoms. The average molecular weight is 512 g/mol. The first-order valence-corrected chi connectivity index (χ1v) is 13.2. The van der Waals surface area contributed by atoms with Crippen molar-refractivity contribution < 1.29 is 22.0 Å². The number of rotatable bonds is 5. The summed E-state index contributed by atoms with van der Waals surface area (Å²) < 4.78 is 56.0. The van der Waals surface area contributed by atoms with Gasteiger partial charge in [-0.15, -0.1) is 0 Å². The number of aromatic nitrogens is 1. The molecule has 6 nitrogen and oxygen atoms in total. The normalized spacial score (nSPS) is 21.5. The van der Waals surface area contributed by atoms with Gasteiger partial charge in [0.05, 0.1) is 0 Å². The van der Waals surface area contributed by atoms with Gasteiger partial charge in [0.2, 0.25) is 21.9 Å². The van der Waals surface area contributed by atoms with E-state index in [2.05, 4.69) is 4.98 Å². The van der Waals surface area contributed by atoms with Gasteiger partial charge in [-0.05, 0) is 44.7 Å². The first-order chi connectivity index (χ1) is 16.0. The van der Waals surface area contributed by atoms with Crippen LogP contribution in [0.15, 0.2) is 41.4 Å². The lowest BCUT2D eigenvalue weighted by molar-refractivity contribution is -0.138. The van der Waals surface area contributed by atoms with Crippen LogP contribution in [0.4, 0.5) is 8.78 Å². The number of nitrogens with zero attached hydrogens (tertiary/aromatic N) is 3. The smallest absolute Gasteiger partial charge is 0.248 e. The minimum absolute atomic E-state index is 0.00846. The van der Waals surface area contributed by atoms with Gasteiger partial charge in [-0.25, -0.2) is 17.2 Å². The van der Waals surface area contributed by atoms with Crippen LogP contribution in [0.3, 0.4) is 0 Å². The molecule has 1 aromatic carbocycles. The molecule has 0 spiro atoms. The molecule has 2 heterocycles. The molecule has 184 valence electrons. The van der Waals surface area contributed by atoms with Crippen molar-refractivity contribution in [3.8, 4) is 11.1 Å². The fourth-order valence-corrected chi connectivity index (χ4v) is 6.89. The maximum atomic E-state index is 13.8. The quantitative estimate of drug-likeness (QED) is 0.572. The topological polar surface area (TPSA) is 70.6 Å². The molecule has 10 heteroatoms. The van der Waals surface area contributed by atoms with Crippen LogP contribution in [0.1, 0.15) is 44.2 Å². The first kappa shape index (κ1) is 25.0. The molecule has 1 aliphatic carbocycles. The summed E-state index contributed by atoms with van der Waals surface area (Å²) in [7, 11) is -2.50. The molecular formula is C24H28ClF2N3O3S. The fraction of sp³-hybridized carbons (Fsp3) is 0.500. The molecule has 1 aliphatic heterocycles. The number of halogens is 3. The van der Waals surface area contributed by atoms with Crippen LogP contribution in [0, 0.1) is 6.92 Å². The summed E-state index contributed by atoms with van der Waals surface area (Å²) in [6.45, 7) is 1.97. The van der Waals surface area contributed by atoms with Gasteiger partial charge < -0.3 is 4.90 Å². The highest BCUT2D eigenvalue weighted by molar-refractivity contribution is 7.89. The second-order valence-corrected chi connectivity index (χ2v) is 11.4. The Morgan fingerprint density at radius 2 is 1.85 bits per heavy atom. The third-order valence-corrected chi connectivity index (χ3v) is 9.09. The van der Waals surface area contributed by atoms with E-state index in [0.717, 1.165) is 0 Å². The van der Waals surface area contributed by atoms with Gasteiger partial charge in [-0.2, -0.15) is 4.31 Å².